The van der Waals surface area contributed by atoms with Crippen LogP contribution < -0.4 is 4.74 Å². The zero-order valence-electron chi connectivity index (χ0n) is 9.43. The maximum Gasteiger partial charge on any atom is 0.236 e. The Labute approximate surface area is 95.0 Å². The lowest BCUT2D eigenvalue weighted by Crippen LogP contribution is -2.25. The third kappa shape index (κ3) is 2.99. The molecule has 4 nitrogen and oxygen atoms in total. The molecule has 1 rings (SSSR count). The summed E-state index contributed by atoms with van der Waals surface area (Å²) in [5.41, 5.74) is 0.929. The summed E-state index contributed by atoms with van der Waals surface area (Å²) in [6.07, 6.45) is -0.0916. The minimum Gasteiger partial charge on any atom is -0.496 e. The molecule has 0 bridgehead atoms. The molecule has 1 aromatic carbocycles. The average molecular weight is 218 g/mol. The van der Waals surface area contributed by atoms with Gasteiger partial charge in [-0.05, 0) is 6.07 Å². The van der Waals surface area contributed by atoms with E-state index in [1.54, 1.807) is 14.2 Å². The number of ether oxygens (including phenoxy) is 1. The lowest BCUT2D eigenvalue weighted by atomic mass is 10.2. The van der Waals surface area contributed by atoms with Gasteiger partial charge < -0.3 is 9.64 Å². The number of amides is 1. The fourth-order valence-corrected chi connectivity index (χ4v) is 1.38. The molecule has 0 N–H and O–H groups in total. The Morgan fingerprint density at radius 3 is 2.81 bits per heavy atom. The molecule has 84 valence electrons. The van der Waals surface area contributed by atoms with Gasteiger partial charge in [0.05, 0.1) is 13.2 Å². The highest BCUT2D eigenvalue weighted by molar-refractivity contribution is 5.78. The van der Waals surface area contributed by atoms with Crippen LogP contribution in [0.1, 0.15) is 12.0 Å². The number of hydrogen-bond acceptors (Lipinski definition) is 3. The first-order valence-electron chi connectivity index (χ1n) is 4.92. The van der Waals surface area contributed by atoms with Gasteiger partial charge in [0.15, 0.2) is 0 Å². The first-order valence-corrected chi connectivity index (χ1v) is 4.92. The zero-order chi connectivity index (χ0) is 12.0. The highest BCUT2D eigenvalue weighted by atomic mass is 16.5. The van der Waals surface area contributed by atoms with Gasteiger partial charge in [0.1, 0.15) is 12.2 Å². The van der Waals surface area contributed by atoms with Crippen LogP contribution in [-0.2, 0) is 11.3 Å². The largest absolute Gasteiger partial charge is 0.496 e. The molecular formula is C12H14N2O2. The third-order valence-electron chi connectivity index (χ3n) is 2.26. The second kappa shape index (κ2) is 5.76. The van der Waals surface area contributed by atoms with Crippen LogP contribution in [0.25, 0.3) is 0 Å². The van der Waals surface area contributed by atoms with E-state index < -0.39 is 0 Å². The molecule has 0 unspecified atom stereocenters. The van der Waals surface area contributed by atoms with Gasteiger partial charge in [0.2, 0.25) is 5.91 Å². The molecule has 0 saturated heterocycles. The predicted molar refractivity (Wildman–Crippen MR) is 59.7 cm³/mol. The Morgan fingerprint density at radius 1 is 1.50 bits per heavy atom. The molecule has 0 aliphatic rings. The molecule has 0 spiro atoms. The number of nitrogens with zero attached hydrogens (tertiary/aromatic N) is 2. The molecule has 16 heavy (non-hydrogen) atoms. The Balaban J connectivity index is 2.73. The van der Waals surface area contributed by atoms with E-state index in [1.807, 2.05) is 30.3 Å². The van der Waals surface area contributed by atoms with E-state index in [2.05, 4.69) is 0 Å². The summed E-state index contributed by atoms with van der Waals surface area (Å²) in [5, 5.41) is 8.43. The van der Waals surface area contributed by atoms with E-state index in [0.29, 0.717) is 6.54 Å². The summed E-state index contributed by atoms with van der Waals surface area (Å²) in [5.74, 6) is 0.563. The van der Waals surface area contributed by atoms with Crippen LogP contribution in [0.2, 0.25) is 0 Å². The smallest absolute Gasteiger partial charge is 0.236 e. The molecule has 4 heteroatoms. The lowest BCUT2D eigenvalue weighted by Gasteiger charge is -2.17. The molecule has 0 aromatic heterocycles. The van der Waals surface area contributed by atoms with Gasteiger partial charge in [0, 0.05) is 19.2 Å². The summed E-state index contributed by atoms with van der Waals surface area (Å²) in [6.45, 7) is 0.449. The number of benzene rings is 1. The van der Waals surface area contributed by atoms with Crippen LogP contribution >= 0.6 is 0 Å². The van der Waals surface area contributed by atoms with Crippen LogP contribution in [0, 0.1) is 11.3 Å². The van der Waals surface area contributed by atoms with Crippen LogP contribution in [0.5, 0.6) is 5.75 Å². The van der Waals surface area contributed by atoms with Crippen molar-refractivity contribution in [2.45, 2.75) is 13.0 Å². The number of nitriles is 1. The van der Waals surface area contributed by atoms with E-state index in [9.17, 15) is 4.79 Å². The molecule has 0 aliphatic heterocycles. The van der Waals surface area contributed by atoms with E-state index in [4.69, 9.17) is 10.00 Å². The molecule has 1 aromatic rings. The van der Waals surface area contributed by atoms with E-state index in [-0.39, 0.29) is 12.3 Å². The molecule has 0 atom stereocenters. The van der Waals surface area contributed by atoms with Crippen LogP contribution in [-0.4, -0.2) is 25.0 Å². The highest BCUT2D eigenvalue weighted by Crippen LogP contribution is 2.18. The monoisotopic (exact) mass is 218 g/mol. The maximum absolute atomic E-state index is 11.4. The van der Waals surface area contributed by atoms with Gasteiger partial charge in [-0.1, -0.05) is 18.2 Å². The van der Waals surface area contributed by atoms with Gasteiger partial charge >= 0.3 is 0 Å². The molecular weight excluding hydrogens is 204 g/mol. The summed E-state index contributed by atoms with van der Waals surface area (Å²) in [6, 6.07) is 9.35. The van der Waals surface area contributed by atoms with E-state index >= 15 is 0 Å². The summed E-state index contributed by atoms with van der Waals surface area (Å²) in [4.78, 5) is 12.9. The second-order valence-electron chi connectivity index (χ2n) is 3.40. The van der Waals surface area contributed by atoms with Crippen LogP contribution in [0.3, 0.4) is 0 Å². The van der Waals surface area contributed by atoms with Crippen LogP contribution in [0.15, 0.2) is 24.3 Å². The second-order valence-corrected chi connectivity index (χ2v) is 3.40. The van der Waals surface area contributed by atoms with Crippen molar-refractivity contribution in [3.63, 3.8) is 0 Å². The zero-order valence-corrected chi connectivity index (χ0v) is 9.43. The first-order chi connectivity index (χ1) is 7.69. The number of para-hydroxylation sites is 1. The van der Waals surface area contributed by atoms with Crippen molar-refractivity contribution in [1.29, 1.82) is 5.26 Å². The number of rotatable bonds is 4. The van der Waals surface area contributed by atoms with Gasteiger partial charge in [-0.15, -0.1) is 0 Å². The maximum atomic E-state index is 11.4. The van der Waals surface area contributed by atoms with Crippen molar-refractivity contribution >= 4 is 5.91 Å². The fourth-order valence-electron chi connectivity index (χ4n) is 1.38. The quantitative estimate of drug-likeness (QED) is 0.770. The first kappa shape index (κ1) is 12.1. The number of carbonyl (C=O) groups excluding carboxylic acids is 1. The predicted octanol–water partition coefficient (Wildman–Crippen LogP) is 1.57. The molecule has 1 amide bonds. The fraction of sp³-hybridized carbons (Fsp3) is 0.333. The average Bonchev–Trinajstić information content (AvgIpc) is 2.30. The van der Waals surface area contributed by atoms with Crippen molar-refractivity contribution in [2.75, 3.05) is 14.2 Å². The Bertz CT molecular complexity index is 410. The highest BCUT2D eigenvalue weighted by Gasteiger charge is 2.10. The minimum atomic E-state index is -0.187. The summed E-state index contributed by atoms with van der Waals surface area (Å²) in [7, 11) is 3.27. The van der Waals surface area contributed by atoms with Crippen molar-refractivity contribution in [3.05, 3.63) is 29.8 Å². The molecule has 0 radical (unpaired) electrons. The normalized spacial score (nSPS) is 9.31. The summed E-state index contributed by atoms with van der Waals surface area (Å²) >= 11 is 0. The minimum absolute atomic E-state index is 0.0916. The Morgan fingerprint density at radius 2 is 2.19 bits per heavy atom. The third-order valence-corrected chi connectivity index (χ3v) is 2.26. The van der Waals surface area contributed by atoms with Gasteiger partial charge in [-0.2, -0.15) is 5.26 Å². The number of carbonyl (C=O) groups is 1. The van der Waals surface area contributed by atoms with Crippen molar-refractivity contribution < 1.29 is 9.53 Å². The molecule has 0 saturated carbocycles. The van der Waals surface area contributed by atoms with Crippen molar-refractivity contribution in [2.24, 2.45) is 0 Å². The summed E-state index contributed by atoms with van der Waals surface area (Å²) < 4.78 is 5.18. The Kier molecular flexibility index (Phi) is 4.34. The standard InChI is InChI=1S/C12H14N2O2/c1-14(12(15)7-8-13)9-10-5-3-4-6-11(10)16-2/h3-6H,7,9H2,1-2H3. The molecule has 0 heterocycles. The van der Waals surface area contributed by atoms with Crippen molar-refractivity contribution in [1.82, 2.24) is 4.90 Å². The van der Waals surface area contributed by atoms with Gasteiger partial charge in [-0.3, -0.25) is 4.79 Å². The molecule has 0 fully saturated rings. The van der Waals surface area contributed by atoms with E-state index in [0.717, 1.165) is 11.3 Å². The van der Waals surface area contributed by atoms with Crippen LogP contribution in [0.4, 0.5) is 0 Å². The Hall–Kier alpha value is -2.02. The van der Waals surface area contributed by atoms with Gasteiger partial charge in [-0.25, -0.2) is 0 Å². The number of methoxy groups -OCH3 is 1. The SMILES string of the molecule is COc1ccccc1CN(C)C(=O)CC#N. The van der Waals surface area contributed by atoms with E-state index in [1.165, 1.54) is 4.90 Å². The van der Waals surface area contributed by atoms with Gasteiger partial charge in [0.25, 0.3) is 0 Å². The lowest BCUT2D eigenvalue weighted by molar-refractivity contribution is -0.129. The van der Waals surface area contributed by atoms with Crippen molar-refractivity contribution in [3.8, 4) is 11.8 Å². The molecule has 0 aliphatic carbocycles. The number of hydrogen-bond donors (Lipinski definition) is 0. The topological polar surface area (TPSA) is 53.3 Å².